The number of carbonyl (C=O) groups excluding carboxylic acids is 1. The molecule has 0 spiro atoms. The fourth-order valence-electron chi connectivity index (χ4n) is 3.68. The minimum atomic E-state index is -1.11. The van der Waals surface area contributed by atoms with Gasteiger partial charge in [-0.2, -0.15) is 0 Å². The molecule has 0 heterocycles. The Morgan fingerprint density at radius 2 is 1.88 bits per heavy atom. The summed E-state index contributed by atoms with van der Waals surface area (Å²) in [6.45, 7) is 1.62. The predicted octanol–water partition coefficient (Wildman–Crippen LogP) is -0.380. The van der Waals surface area contributed by atoms with Gasteiger partial charge < -0.3 is 20.1 Å². The van der Waals surface area contributed by atoms with Gasteiger partial charge >= 0.3 is 29.6 Å². The molecule has 1 aliphatic rings. The maximum absolute atomic E-state index is 11.4. The van der Waals surface area contributed by atoms with Gasteiger partial charge in [0.2, 0.25) is 0 Å². The Morgan fingerprint density at radius 1 is 1.19 bits per heavy atom. The molecule has 0 radical (unpaired) electrons. The molecule has 3 atom stereocenters. The first kappa shape index (κ1) is 21.0. The molecule has 1 saturated carbocycles. The Bertz CT molecular complexity index is 757. The molecular weight excluding hydrogens is 339 g/mol. The van der Waals surface area contributed by atoms with Crippen LogP contribution in [0.25, 0.3) is 11.1 Å². The molecule has 3 rings (SSSR count). The molecular formula is C21H23NaO4. The van der Waals surface area contributed by atoms with Crippen molar-refractivity contribution in [2.75, 3.05) is 0 Å². The van der Waals surface area contributed by atoms with Crippen LogP contribution < -0.4 is 34.7 Å². The first-order valence-corrected chi connectivity index (χ1v) is 8.77. The number of phenols is 1. The van der Waals surface area contributed by atoms with Gasteiger partial charge in [-0.1, -0.05) is 43.7 Å². The summed E-state index contributed by atoms with van der Waals surface area (Å²) < 4.78 is 0. The second-order valence-corrected chi connectivity index (χ2v) is 6.97. The van der Waals surface area contributed by atoms with E-state index in [1.165, 1.54) is 0 Å². The van der Waals surface area contributed by atoms with Crippen LogP contribution in [0.15, 0.2) is 42.5 Å². The largest absolute Gasteiger partial charge is 1.00 e. The monoisotopic (exact) mass is 362 g/mol. The smallest absolute Gasteiger partial charge is 0.550 e. The van der Waals surface area contributed by atoms with E-state index in [1.807, 2.05) is 18.2 Å². The summed E-state index contributed by atoms with van der Waals surface area (Å²) >= 11 is 0. The van der Waals surface area contributed by atoms with Gasteiger partial charge in [-0.15, -0.1) is 0 Å². The molecule has 2 aromatic rings. The number of aromatic hydroxyl groups is 1. The summed E-state index contributed by atoms with van der Waals surface area (Å²) in [5.41, 5.74) is 3.47. The molecule has 0 aromatic heterocycles. The number of carbonyl (C=O) groups is 1. The topological polar surface area (TPSA) is 80.6 Å². The summed E-state index contributed by atoms with van der Waals surface area (Å²) in [6, 6.07) is 12.6. The zero-order valence-electron chi connectivity index (χ0n) is 15.3. The number of aliphatic carboxylic acids is 1. The van der Waals surface area contributed by atoms with Crippen molar-refractivity contribution in [3.05, 3.63) is 53.6 Å². The van der Waals surface area contributed by atoms with Crippen molar-refractivity contribution in [2.24, 2.45) is 5.92 Å². The van der Waals surface area contributed by atoms with Crippen molar-refractivity contribution in [2.45, 2.75) is 44.6 Å². The number of benzene rings is 2. The Hall–Kier alpha value is -1.33. The number of aliphatic hydroxyl groups is 1. The molecule has 1 fully saturated rings. The number of hydrogen-bond acceptors (Lipinski definition) is 4. The molecule has 132 valence electrons. The van der Waals surface area contributed by atoms with Gasteiger partial charge in [-0.05, 0) is 59.6 Å². The van der Waals surface area contributed by atoms with E-state index >= 15 is 0 Å². The van der Waals surface area contributed by atoms with Gasteiger partial charge in [0.05, 0.1) is 6.10 Å². The third-order valence-electron chi connectivity index (χ3n) is 5.23. The standard InChI is InChI=1S/C21H24O4.Na/c1-13(21(24)25)18-10-5-14(11-16-3-2-4-20(16)23)12-19(18)15-6-8-17(22)9-7-15;/h5-10,12-13,16,20,22-23H,2-4,11H2,1H3,(H,24,25);/q;+1/p-1/t13?,16-,20+;/m1./s1. The van der Waals surface area contributed by atoms with Crippen LogP contribution in [-0.4, -0.2) is 22.3 Å². The number of carboxylic acid groups (broad SMARTS) is 1. The minimum absolute atomic E-state index is 0. The molecule has 2 N–H and O–H groups in total. The van der Waals surface area contributed by atoms with Gasteiger partial charge in [0.15, 0.2) is 0 Å². The molecule has 0 bridgehead atoms. The third-order valence-corrected chi connectivity index (χ3v) is 5.23. The summed E-state index contributed by atoms with van der Waals surface area (Å²) in [4.78, 5) is 11.4. The first-order valence-electron chi connectivity index (χ1n) is 8.77. The van der Waals surface area contributed by atoms with Crippen LogP contribution in [0, 0.1) is 5.92 Å². The second-order valence-electron chi connectivity index (χ2n) is 6.97. The van der Waals surface area contributed by atoms with E-state index in [1.54, 1.807) is 31.2 Å². The van der Waals surface area contributed by atoms with Gasteiger partial charge in [-0.3, -0.25) is 0 Å². The van der Waals surface area contributed by atoms with Crippen LogP contribution in [0.2, 0.25) is 0 Å². The number of hydrogen-bond donors (Lipinski definition) is 2. The summed E-state index contributed by atoms with van der Waals surface area (Å²) in [7, 11) is 0. The summed E-state index contributed by atoms with van der Waals surface area (Å²) in [5.74, 6) is -1.41. The minimum Gasteiger partial charge on any atom is -0.550 e. The van der Waals surface area contributed by atoms with E-state index in [0.717, 1.165) is 42.4 Å². The third kappa shape index (κ3) is 4.68. The zero-order chi connectivity index (χ0) is 18.0. The van der Waals surface area contributed by atoms with Gasteiger partial charge in [-0.25, -0.2) is 0 Å². The molecule has 26 heavy (non-hydrogen) atoms. The molecule has 0 aliphatic heterocycles. The van der Waals surface area contributed by atoms with Crippen molar-refractivity contribution < 1.29 is 49.7 Å². The first-order chi connectivity index (χ1) is 12.0. The van der Waals surface area contributed by atoms with Crippen LogP contribution in [0.5, 0.6) is 5.75 Å². The van der Waals surface area contributed by atoms with Crippen molar-refractivity contribution >= 4 is 5.97 Å². The van der Waals surface area contributed by atoms with E-state index < -0.39 is 11.9 Å². The number of phenolic OH excluding ortho intramolecular Hbond substituents is 1. The Labute approximate surface area is 176 Å². The fraction of sp³-hybridized carbons (Fsp3) is 0.381. The molecule has 0 saturated heterocycles. The van der Waals surface area contributed by atoms with Gasteiger partial charge in [0, 0.05) is 11.9 Å². The SMILES string of the molecule is CC(C(=O)[O-])c1ccc(C[C@H]2CCC[C@@H]2O)cc1-c1ccc(O)cc1.[Na+]. The van der Waals surface area contributed by atoms with Crippen molar-refractivity contribution in [1.29, 1.82) is 0 Å². The normalized spacial score (nSPS) is 20.4. The maximum atomic E-state index is 11.4. The zero-order valence-corrected chi connectivity index (χ0v) is 17.3. The van der Waals surface area contributed by atoms with Crippen molar-refractivity contribution in [3.8, 4) is 16.9 Å². The second kappa shape index (κ2) is 9.05. The molecule has 1 unspecified atom stereocenters. The van der Waals surface area contributed by atoms with Gasteiger partial charge in [0.1, 0.15) is 5.75 Å². The molecule has 1 aliphatic carbocycles. The number of aliphatic hydroxyl groups excluding tert-OH is 1. The number of rotatable bonds is 5. The number of carboxylic acids is 1. The van der Waals surface area contributed by atoms with Crippen LogP contribution in [0.4, 0.5) is 0 Å². The van der Waals surface area contributed by atoms with E-state index in [2.05, 4.69) is 0 Å². The fourth-order valence-corrected chi connectivity index (χ4v) is 3.68. The van der Waals surface area contributed by atoms with E-state index in [9.17, 15) is 20.1 Å². The average Bonchev–Trinajstić information content (AvgIpc) is 2.99. The Morgan fingerprint density at radius 3 is 2.46 bits per heavy atom. The van der Waals surface area contributed by atoms with E-state index in [0.29, 0.717) is 5.56 Å². The van der Waals surface area contributed by atoms with Crippen molar-refractivity contribution in [1.82, 2.24) is 0 Å². The van der Waals surface area contributed by atoms with E-state index in [4.69, 9.17) is 0 Å². The molecule has 5 heteroatoms. The quantitative estimate of drug-likeness (QED) is 0.711. The van der Waals surface area contributed by atoms with Crippen LogP contribution in [-0.2, 0) is 11.2 Å². The van der Waals surface area contributed by atoms with Crippen molar-refractivity contribution in [3.63, 3.8) is 0 Å². The molecule has 4 nitrogen and oxygen atoms in total. The van der Waals surface area contributed by atoms with Gasteiger partial charge in [0.25, 0.3) is 0 Å². The molecule has 0 amide bonds. The summed E-state index contributed by atoms with van der Waals surface area (Å²) in [6.07, 6.45) is 3.46. The maximum Gasteiger partial charge on any atom is 1.00 e. The Kier molecular flexibility index (Phi) is 7.30. The van der Waals surface area contributed by atoms with Crippen LogP contribution in [0.3, 0.4) is 0 Å². The predicted molar refractivity (Wildman–Crippen MR) is 94.0 cm³/mol. The summed E-state index contributed by atoms with van der Waals surface area (Å²) in [5, 5.41) is 30.9. The van der Waals surface area contributed by atoms with E-state index in [-0.39, 0.29) is 47.3 Å². The van der Waals surface area contributed by atoms with Crippen LogP contribution >= 0.6 is 0 Å². The molecule has 2 aromatic carbocycles. The van der Waals surface area contributed by atoms with Crippen LogP contribution in [0.1, 0.15) is 43.2 Å². The Balaban J connectivity index is 0.00000243. The average molecular weight is 362 g/mol.